The van der Waals surface area contributed by atoms with Crippen LogP contribution < -0.4 is 25.4 Å². The highest BCUT2D eigenvalue weighted by atomic mass is 16.5. The minimum atomic E-state index is -0.803. The van der Waals surface area contributed by atoms with E-state index in [-0.39, 0.29) is 17.7 Å². The molecule has 0 aliphatic heterocycles. The highest BCUT2D eigenvalue weighted by Gasteiger charge is 2.25. The Morgan fingerprint density at radius 1 is 0.686 bits per heavy atom. The van der Waals surface area contributed by atoms with Gasteiger partial charge in [0.1, 0.15) is 17.5 Å². The number of methoxy groups -OCH3 is 2. The SMILES string of the molecule is COc1cc(OC)cc(C(=O)NC(C(=O)Nc2cccc(NC(=O)c3ccccc3)c2)C(C)C)c1. The topological polar surface area (TPSA) is 106 Å². The first kappa shape index (κ1) is 25.3. The molecular weight excluding hydrogens is 446 g/mol. The third-order valence-electron chi connectivity index (χ3n) is 5.27. The van der Waals surface area contributed by atoms with Crippen LogP contribution in [0.3, 0.4) is 0 Å². The zero-order chi connectivity index (χ0) is 25.4. The van der Waals surface area contributed by atoms with Crippen LogP contribution in [0.5, 0.6) is 11.5 Å². The van der Waals surface area contributed by atoms with Crippen LogP contribution in [0.1, 0.15) is 34.6 Å². The molecule has 35 heavy (non-hydrogen) atoms. The van der Waals surface area contributed by atoms with Crippen molar-refractivity contribution >= 4 is 29.1 Å². The monoisotopic (exact) mass is 475 g/mol. The molecule has 0 aromatic heterocycles. The lowest BCUT2D eigenvalue weighted by atomic mass is 10.0. The minimum Gasteiger partial charge on any atom is -0.497 e. The summed E-state index contributed by atoms with van der Waals surface area (Å²) in [6.07, 6.45) is 0. The number of ether oxygens (including phenoxy) is 2. The summed E-state index contributed by atoms with van der Waals surface area (Å²) in [4.78, 5) is 38.4. The lowest BCUT2D eigenvalue weighted by Gasteiger charge is -2.22. The van der Waals surface area contributed by atoms with E-state index >= 15 is 0 Å². The van der Waals surface area contributed by atoms with E-state index in [1.165, 1.54) is 14.2 Å². The number of hydrogen-bond acceptors (Lipinski definition) is 5. The van der Waals surface area contributed by atoms with Crippen molar-refractivity contribution in [2.45, 2.75) is 19.9 Å². The fraction of sp³-hybridized carbons (Fsp3) is 0.222. The maximum atomic E-state index is 13.1. The number of amides is 3. The van der Waals surface area contributed by atoms with Gasteiger partial charge in [-0.2, -0.15) is 0 Å². The Balaban J connectivity index is 1.71. The maximum absolute atomic E-state index is 13.1. The molecular formula is C27H29N3O5. The molecule has 8 nitrogen and oxygen atoms in total. The van der Waals surface area contributed by atoms with Crippen molar-refractivity contribution in [3.63, 3.8) is 0 Å². The predicted octanol–water partition coefficient (Wildman–Crippen LogP) is 4.35. The molecule has 0 spiro atoms. The molecule has 1 unspecified atom stereocenters. The first-order chi connectivity index (χ1) is 16.8. The average molecular weight is 476 g/mol. The second-order valence-corrected chi connectivity index (χ2v) is 8.19. The molecule has 0 bridgehead atoms. The van der Waals surface area contributed by atoms with E-state index in [0.29, 0.717) is 34.0 Å². The summed E-state index contributed by atoms with van der Waals surface area (Å²) in [7, 11) is 2.99. The molecule has 3 amide bonds. The van der Waals surface area contributed by atoms with Crippen molar-refractivity contribution in [1.29, 1.82) is 0 Å². The molecule has 0 saturated carbocycles. The summed E-state index contributed by atoms with van der Waals surface area (Å²) in [5.74, 6) is -0.318. The second-order valence-electron chi connectivity index (χ2n) is 8.19. The number of nitrogens with one attached hydrogen (secondary N) is 3. The standard InChI is InChI=1S/C27H29N3O5/c1-17(2)24(30-26(32)19-13-22(34-3)16-23(14-19)35-4)27(33)29-21-12-8-11-20(15-21)28-25(31)18-9-6-5-7-10-18/h5-17,24H,1-4H3,(H,28,31)(H,29,33)(H,30,32). The van der Waals surface area contributed by atoms with E-state index in [2.05, 4.69) is 16.0 Å². The van der Waals surface area contributed by atoms with Gasteiger partial charge in [-0.3, -0.25) is 14.4 Å². The molecule has 0 aliphatic rings. The van der Waals surface area contributed by atoms with Gasteiger partial charge in [0.15, 0.2) is 0 Å². The molecule has 0 fully saturated rings. The molecule has 0 aliphatic carbocycles. The van der Waals surface area contributed by atoms with Gasteiger partial charge in [0.2, 0.25) is 5.91 Å². The largest absolute Gasteiger partial charge is 0.497 e. The molecule has 3 rings (SSSR count). The number of benzene rings is 3. The normalized spacial score (nSPS) is 11.3. The van der Waals surface area contributed by atoms with Crippen LogP contribution >= 0.6 is 0 Å². The van der Waals surface area contributed by atoms with Crippen LogP contribution in [0.25, 0.3) is 0 Å². The summed E-state index contributed by atoms with van der Waals surface area (Å²) >= 11 is 0. The molecule has 0 saturated heterocycles. The van der Waals surface area contributed by atoms with Crippen LogP contribution in [-0.4, -0.2) is 38.0 Å². The Kier molecular flexibility index (Phi) is 8.45. The Labute approximate surface area is 204 Å². The minimum absolute atomic E-state index is 0.188. The fourth-order valence-electron chi connectivity index (χ4n) is 3.39. The van der Waals surface area contributed by atoms with Crippen LogP contribution in [0, 0.1) is 5.92 Å². The molecule has 3 aromatic carbocycles. The first-order valence-corrected chi connectivity index (χ1v) is 11.1. The molecule has 3 N–H and O–H groups in total. The molecule has 3 aromatic rings. The van der Waals surface area contributed by atoms with Crippen LogP contribution in [-0.2, 0) is 4.79 Å². The summed E-state index contributed by atoms with van der Waals surface area (Å²) in [6, 6.07) is 19.7. The van der Waals surface area contributed by atoms with Gasteiger partial charge < -0.3 is 25.4 Å². The van der Waals surface area contributed by atoms with Gasteiger partial charge in [-0.05, 0) is 48.4 Å². The van der Waals surface area contributed by atoms with Gasteiger partial charge in [-0.15, -0.1) is 0 Å². The number of carbonyl (C=O) groups is 3. The zero-order valence-electron chi connectivity index (χ0n) is 20.1. The van der Waals surface area contributed by atoms with Gasteiger partial charge in [-0.25, -0.2) is 0 Å². The summed E-state index contributed by atoms with van der Waals surface area (Å²) < 4.78 is 10.4. The highest BCUT2D eigenvalue weighted by Crippen LogP contribution is 2.23. The van der Waals surface area contributed by atoms with E-state index < -0.39 is 11.9 Å². The number of anilines is 2. The smallest absolute Gasteiger partial charge is 0.255 e. The van der Waals surface area contributed by atoms with Crippen molar-refractivity contribution in [1.82, 2.24) is 5.32 Å². The van der Waals surface area contributed by atoms with Gasteiger partial charge in [-0.1, -0.05) is 38.1 Å². The molecule has 182 valence electrons. The number of hydrogen-bond donors (Lipinski definition) is 3. The molecule has 8 heteroatoms. The van der Waals surface area contributed by atoms with E-state index in [4.69, 9.17) is 9.47 Å². The molecule has 0 heterocycles. The summed E-state index contributed by atoms with van der Waals surface area (Å²) in [6.45, 7) is 3.68. The average Bonchev–Trinajstić information content (AvgIpc) is 2.87. The van der Waals surface area contributed by atoms with Crippen molar-refractivity contribution in [2.24, 2.45) is 5.92 Å². The van der Waals surface area contributed by atoms with Crippen molar-refractivity contribution in [2.75, 3.05) is 24.9 Å². The highest BCUT2D eigenvalue weighted by molar-refractivity contribution is 6.05. The van der Waals surface area contributed by atoms with Gasteiger partial charge >= 0.3 is 0 Å². The summed E-state index contributed by atoms with van der Waals surface area (Å²) in [5.41, 5.74) is 1.86. The Morgan fingerprint density at radius 3 is 1.86 bits per heavy atom. The van der Waals surface area contributed by atoms with E-state index in [9.17, 15) is 14.4 Å². The van der Waals surface area contributed by atoms with Crippen LogP contribution in [0.4, 0.5) is 11.4 Å². The summed E-state index contributed by atoms with van der Waals surface area (Å²) in [5, 5.41) is 8.43. The third kappa shape index (κ3) is 6.83. The fourth-order valence-corrected chi connectivity index (χ4v) is 3.39. The van der Waals surface area contributed by atoms with Crippen molar-refractivity contribution in [3.8, 4) is 11.5 Å². The third-order valence-corrected chi connectivity index (χ3v) is 5.27. The van der Waals surface area contributed by atoms with Gasteiger partial charge in [0, 0.05) is 28.6 Å². The van der Waals surface area contributed by atoms with E-state index in [0.717, 1.165) is 0 Å². The van der Waals surface area contributed by atoms with Crippen LogP contribution in [0.15, 0.2) is 72.8 Å². The van der Waals surface area contributed by atoms with Crippen LogP contribution in [0.2, 0.25) is 0 Å². The quantitative estimate of drug-likeness (QED) is 0.427. The second kappa shape index (κ2) is 11.7. The first-order valence-electron chi connectivity index (χ1n) is 11.1. The number of rotatable bonds is 9. The van der Waals surface area contributed by atoms with Gasteiger partial charge in [0.25, 0.3) is 11.8 Å². The zero-order valence-corrected chi connectivity index (χ0v) is 20.1. The number of carbonyl (C=O) groups excluding carboxylic acids is 3. The Morgan fingerprint density at radius 2 is 1.29 bits per heavy atom. The molecule has 1 atom stereocenters. The Bertz CT molecular complexity index is 1170. The van der Waals surface area contributed by atoms with E-state index in [1.807, 2.05) is 19.9 Å². The lowest BCUT2D eigenvalue weighted by molar-refractivity contribution is -0.118. The van der Waals surface area contributed by atoms with Crippen molar-refractivity contribution in [3.05, 3.63) is 83.9 Å². The van der Waals surface area contributed by atoms with Gasteiger partial charge in [0.05, 0.1) is 14.2 Å². The lowest BCUT2D eigenvalue weighted by Crippen LogP contribution is -2.47. The van der Waals surface area contributed by atoms with Crippen molar-refractivity contribution < 1.29 is 23.9 Å². The maximum Gasteiger partial charge on any atom is 0.255 e. The Hall–Kier alpha value is -4.33. The molecule has 0 radical (unpaired) electrons. The predicted molar refractivity (Wildman–Crippen MR) is 135 cm³/mol. The van der Waals surface area contributed by atoms with E-state index in [1.54, 1.807) is 66.7 Å².